The average Bonchev–Trinajstić information content (AvgIpc) is 3.30. The van der Waals surface area contributed by atoms with Gasteiger partial charge in [0.25, 0.3) is 11.7 Å². The van der Waals surface area contributed by atoms with Crippen LogP contribution in [0.5, 0.6) is 0 Å². The molecule has 5 rings (SSSR count). The molecule has 4 bridgehead atoms. The minimum Gasteiger partial charge on any atom is -0.460 e. The number of rotatable bonds is 6. The average molecular weight is 942 g/mol. The summed E-state index contributed by atoms with van der Waals surface area (Å²) in [7, 11) is 4.71. The van der Waals surface area contributed by atoms with Crippen LogP contribution < -0.4 is 0 Å². The molecular formula is C52H79NO14. The van der Waals surface area contributed by atoms with E-state index in [9.17, 15) is 34.2 Å². The number of carbonyl (C=O) groups excluding carboxylic acids is 5. The van der Waals surface area contributed by atoms with E-state index in [0.29, 0.717) is 63.4 Å². The molecule has 4 heterocycles. The van der Waals surface area contributed by atoms with Crippen LogP contribution in [0.2, 0.25) is 0 Å². The van der Waals surface area contributed by atoms with E-state index in [1.54, 1.807) is 41.3 Å². The van der Waals surface area contributed by atoms with Crippen molar-refractivity contribution in [2.24, 2.45) is 35.5 Å². The molecule has 0 spiro atoms. The Morgan fingerprint density at radius 2 is 1.57 bits per heavy atom. The molecule has 1 saturated carbocycles. The van der Waals surface area contributed by atoms with Crippen molar-refractivity contribution in [3.8, 4) is 0 Å². The van der Waals surface area contributed by atoms with Gasteiger partial charge in [0, 0.05) is 52.6 Å². The molecule has 1 aliphatic carbocycles. The Bertz CT molecular complexity index is 1840. The molecule has 3 saturated heterocycles. The molecular weight excluding hydrogens is 863 g/mol. The first-order valence-electron chi connectivity index (χ1n) is 24.6. The first-order valence-corrected chi connectivity index (χ1v) is 24.6. The van der Waals surface area contributed by atoms with Crippen LogP contribution in [0.4, 0.5) is 4.79 Å². The molecule has 2 N–H and O–H groups in total. The second-order valence-corrected chi connectivity index (χ2v) is 20.2. The number of ketones is 2. The number of piperidine rings is 1. The maximum Gasteiger partial charge on any atom is 0.509 e. The minimum absolute atomic E-state index is 0.0934. The van der Waals surface area contributed by atoms with E-state index >= 15 is 0 Å². The van der Waals surface area contributed by atoms with Gasteiger partial charge in [0.2, 0.25) is 5.79 Å². The van der Waals surface area contributed by atoms with Crippen molar-refractivity contribution in [1.82, 2.24) is 4.90 Å². The highest BCUT2D eigenvalue weighted by molar-refractivity contribution is 6.39. The van der Waals surface area contributed by atoms with Crippen LogP contribution in [0.3, 0.4) is 0 Å². The lowest BCUT2D eigenvalue weighted by molar-refractivity contribution is -0.265. The summed E-state index contributed by atoms with van der Waals surface area (Å²) in [5.74, 6) is -6.98. The van der Waals surface area contributed by atoms with E-state index in [2.05, 4.69) is 13.0 Å². The van der Waals surface area contributed by atoms with Crippen molar-refractivity contribution in [3.63, 3.8) is 0 Å². The third kappa shape index (κ3) is 13.7. The van der Waals surface area contributed by atoms with Crippen LogP contribution in [-0.4, -0.2) is 133 Å². The van der Waals surface area contributed by atoms with Crippen LogP contribution in [-0.2, 0) is 52.3 Å². The summed E-state index contributed by atoms with van der Waals surface area (Å²) in [5, 5.41) is 22.5. The number of hydrogen-bond donors (Lipinski definition) is 2. The number of ether oxygens (including phenoxy) is 7. The molecule has 5 aliphatic rings. The van der Waals surface area contributed by atoms with E-state index in [1.165, 1.54) is 4.90 Å². The predicted molar refractivity (Wildman–Crippen MR) is 249 cm³/mol. The normalized spacial score (nSPS) is 38.7. The maximum absolute atomic E-state index is 14.4. The van der Waals surface area contributed by atoms with Crippen molar-refractivity contribution >= 4 is 29.6 Å². The highest BCUT2D eigenvalue weighted by atomic mass is 16.8. The van der Waals surface area contributed by atoms with Crippen molar-refractivity contribution in [2.45, 2.75) is 186 Å². The van der Waals surface area contributed by atoms with Gasteiger partial charge >= 0.3 is 12.1 Å². The summed E-state index contributed by atoms with van der Waals surface area (Å²) in [4.78, 5) is 71.4. The molecule has 4 aliphatic heterocycles. The van der Waals surface area contributed by atoms with Crippen LogP contribution in [0, 0.1) is 35.5 Å². The fourth-order valence-corrected chi connectivity index (χ4v) is 10.9. The molecule has 0 radical (unpaired) electrons. The van der Waals surface area contributed by atoms with Gasteiger partial charge in [-0.15, -0.1) is 0 Å². The van der Waals surface area contributed by atoms with Crippen LogP contribution >= 0.6 is 0 Å². The van der Waals surface area contributed by atoms with Gasteiger partial charge in [0.05, 0.1) is 24.4 Å². The smallest absolute Gasteiger partial charge is 0.460 e. The molecule has 4 fully saturated rings. The number of esters is 1. The van der Waals surface area contributed by atoms with Crippen LogP contribution in [0.15, 0.2) is 47.6 Å². The fraction of sp³-hybridized carbons (Fsp3) is 0.750. The van der Waals surface area contributed by atoms with Gasteiger partial charge in [0.15, 0.2) is 5.78 Å². The molecule has 9 unspecified atom stereocenters. The Balaban J connectivity index is 1.49. The van der Waals surface area contributed by atoms with E-state index in [1.807, 2.05) is 52.0 Å². The summed E-state index contributed by atoms with van der Waals surface area (Å²) >= 11 is 0. The van der Waals surface area contributed by atoms with Crippen molar-refractivity contribution in [1.29, 1.82) is 0 Å². The van der Waals surface area contributed by atoms with E-state index in [0.717, 1.165) is 12.0 Å². The van der Waals surface area contributed by atoms with Crippen LogP contribution in [0.1, 0.15) is 126 Å². The Kier molecular flexibility index (Phi) is 20.0. The maximum atomic E-state index is 14.4. The molecule has 0 aromatic rings. The zero-order chi connectivity index (χ0) is 49.2. The third-order valence-electron chi connectivity index (χ3n) is 15.1. The largest absolute Gasteiger partial charge is 0.509 e. The monoisotopic (exact) mass is 942 g/mol. The second-order valence-electron chi connectivity index (χ2n) is 20.2. The number of hydrogen-bond acceptors (Lipinski definition) is 14. The minimum atomic E-state index is -2.42. The molecule has 15 nitrogen and oxygen atoms in total. The highest BCUT2D eigenvalue weighted by Crippen LogP contribution is 2.38. The Hall–Kier alpha value is -3.73. The van der Waals surface area contributed by atoms with Crippen molar-refractivity contribution in [2.75, 3.05) is 27.9 Å². The Morgan fingerprint density at radius 1 is 0.836 bits per heavy atom. The molecule has 1 amide bonds. The van der Waals surface area contributed by atoms with E-state index < -0.39 is 90.2 Å². The van der Waals surface area contributed by atoms with E-state index in [4.69, 9.17) is 33.2 Å². The summed E-state index contributed by atoms with van der Waals surface area (Å²) in [6, 6.07) is -1.13. The van der Waals surface area contributed by atoms with Gasteiger partial charge < -0.3 is 48.3 Å². The zero-order valence-corrected chi connectivity index (χ0v) is 41.6. The number of fused-ring (bicyclic) bond motifs is 5. The first-order chi connectivity index (χ1) is 31.8. The van der Waals surface area contributed by atoms with Gasteiger partial charge in [0.1, 0.15) is 30.5 Å². The third-order valence-corrected chi connectivity index (χ3v) is 15.1. The number of aliphatic hydroxyl groups excluding tert-OH is 1. The molecule has 15 heteroatoms. The molecule has 0 aromatic heterocycles. The second kappa shape index (κ2) is 24.7. The SMILES string of the molecule is COC1CC(C[C@@H](C)[C@@H]2CC(=O)C(C)=CC(C)C3OC(=O)OC(C(C)C[C@H](C)C=CC=CC=C(C)[C@@H](OC)C[C@@H]4CCC(C)C(O)(O4)C(=O)C(=O)N4CCCCC4C(=O)O2)[C@@H]3OC)CC[C@H]1O. The summed E-state index contributed by atoms with van der Waals surface area (Å²) < 4.78 is 41.4. The molecule has 67 heavy (non-hydrogen) atoms. The molecule has 376 valence electrons. The Labute approximate surface area is 398 Å². The topological polar surface area (TPSA) is 194 Å². The fourth-order valence-electron chi connectivity index (χ4n) is 10.9. The van der Waals surface area contributed by atoms with Gasteiger partial charge in [-0.05, 0) is 113 Å². The molecule has 16 atom stereocenters. The standard InChI is InChI=1S/C52H79NO14/c1-30-16-12-11-13-17-31(2)42(61-8)28-38-21-19-36(7)52(60,67-38)48(56)49(57)53-23-15-14-18-39(53)50(58)64-43(33(4)26-37-20-22-40(54)44(27-37)62-9)29-41(55)32(3)25-35(6)46-47(63-10)45(34(5)24-30)65-51(59)66-46/h11-13,16-17,25,30,33-40,42-47,54,60H,14-15,18-24,26-29H2,1-10H3/t30-,33-,34?,35?,36?,37?,38+,39?,40-,42+,43+,44?,45?,46?,47+,52?/m1/s1. The number of nitrogens with zero attached hydrogens (tertiary/aromatic N) is 1. The number of cyclic esters (lactones) is 1. The van der Waals surface area contributed by atoms with Gasteiger partial charge in [-0.3, -0.25) is 14.4 Å². The van der Waals surface area contributed by atoms with E-state index in [-0.39, 0.29) is 54.9 Å². The summed E-state index contributed by atoms with van der Waals surface area (Å²) in [6.45, 7) is 13.3. The van der Waals surface area contributed by atoms with Crippen molar-refractivity contribution < 1.29 is 67.3 Å². The Morgan fingerprint density at radius 3 is 2.27 bits per heavy atom. The van der Waals surface area contributed by atoms with Gasteiger partial charge in [-0.2, -0.15) is 0 Å². The number of aliphatic hydroxyl groups is 2. The van der Waals surface area contributed by atoms with Gasteiger partial charge in [-0.25, -0.2) is 9.59 Å². The number of amides is 1. The number of Topliss-reactive ketones (excluding diaryl/α,β-unsaturated/α-hetero) is 2. The quantitative estimate of drug-likeness (QED) is 0.201. The summed E-state index contributed by atoms with van der Waals surface area (Å²) in [5.41, 5.74) is 1.28. The summed E-state index contributed by atoms with van der Waals surface area (Å²) in [6.07, 6.45) is 11.5. The number of carbonyl (C=O) groups is 5. The van der Waals surface area contributed by atoms with Crippen LogP contribution in [0.25, 0.3) is 0 Å². The lowest BCUT2D eigenvalue weighted by Crippen LogP contribution is -2.61. The van der Waals surface area contributed by atoms with Crippen molar-refractivity contribution in [3.05, 3.63) is 47.6 Å². The number of methoxy groups -OCH3 is 3. The lowest BCUT2D eigenvalue weighted by atomic mass is 9.78. The predicted octanol–water partition coefficient (Wildman–Crippen LogP) is 7.15. The first kappa shape index (κ1) is 54.2. The zero-order valence-electron chi connectivity index (χ0n) is 41.6. The lowest BCUT2D eigenvalue weighted by Gasteiger charge is -2.42. The molecule has 0 aromatic carbocycles. The number of allylic oxidation sites excluding steroid dienone is 6. The highest BCUT2D eigenvalue weighted by Gasteiger charge is 2.53. The van der Waals surface area contributed by atoms with Gasteiger partial charge in [-0.1, -0.05) is 71.1 Å².